The van der Waals surface area contributed by atoms with Crippen molar-refractivity contribution >= 4 is 0 Å². The summed E-state index contributed by atoms with van der Waals surface area (Å²) in [5.41, 5.74) is 0.342. The van der Waals surface area contributed by atoms with Crippen molar-refractivity contribution < 1.29 is 13.9 Å². The lowest BCUT2D eigenvalue weighted by Crippen LogP contribution is -1.98. The van der Waals surface area contributed by atoms with Crippen molar-refractivity contribution in [3.05, 3.63) is 34.9 Å². The van der Waals surface area contributed by atoms with Crippen LogP contribution in [0.1, 0.15) is 18.1 Å². The molecule has 0 aliphatic rings. The summed E-state index contributed by atoms with van der Waals surface area (Å²) in [5, 5.41) is 8.60. The molecule has 0 bridgehead atoms. The standard InChI is InChI=1S/C9H10F2O/c1-2-6-3-4-7(5-12)9(11)8(6)10/h3-4,12H,2,5H2,1H3. The average Bonchev–Trinajstić information content (AvgIpc) is 2.10. The van der Waals surface area contributed by atoms with Crippen LogP contribution in [-0.2, 0) is 13.0 Å². The molecule has 0 amide bonds. The van der Waals surface area contributed by atoms with Gasteiger partial charge in [-0.05, 0) is 12.0 Å². The molecule has 0 heterocycles. The second-order valence-corrected chi connectivity index (χ2v) is 2.52. The first-order chi connectivity index (χ1) is 5.70. The summed E-state index contributed by atoms with van der Waals surface area (Å²) in [5.74, 6) is -1.78. The molecule has 0 fully saturated rings. The van der Waals surface area contributed by atoms with E-state index in [0.29, 0.717) is 12.0 Å². The van der Waals surface area contributed by atoms with Crippen LogP contribution in [0.25, 0.3) is 0 Å². The Bertz CT molecular complexity index is 255. The highest BCUT2D eigenvalue weighted by Crippen LogP contribution is 2.16. The van der Waals surface area contributed by atoms with Crippen molar-refractivity contribution in [3.8, 4) is 0 Å². The van der Waals surface area contributed by atoms with Gasteiger partial charge in [0.2, 0.25) is 0 Å². The Morgan fingerprint density at radius 2 is 1.67 bits per heavy atom. The summed E-state index contributed by atoms with van der Waals surface area (Å²) >= 11 is 0. The van der Waals surface area contributed by atoms with Crippen LogP contribution in [0, 0.1) is 11.6 Å². The highest BCUT2D eigenvalue weighted by molar-refractivity contribution is 5.25. The van der Waals surface area contributed by atoms with Gasteiger partial charge in [-0.15, -0.1) is 0 Å². The number of hydrogen-bond acceptors (Lipinski definition) is 1. The molecule has 12 heavy (non-hydrogen) atoms. The van der Waals surface area contributed by atoms with Crippen LogP contribution in [0.15, 0.2) is 12.1 Å². The van der Waals surface area contributed by atoms with Crippen LogP contribution >= 0.6 is 0 Å². The van der Waals surface area contributed by atoms with Gasteiger partial charge < -0.3 is 5.11 Å². The lowest BCUT2D eigenvalue weighted by Gasteiger charge is -2.03. The molecule has 0 aliphatic heterocycles. The summed E-state index contributed by atoms with van der Waals surface area (Å²) in [6, 6.07) is 2.89. The summed E-state index contributed by atoms with van der Waals surface area (Å²) in [4.78, 5) is 0. The minimum atomic E-state index is -0.933. The van der Waals surface area contributed by atoms with Crippen LogP contribution in [0.5, 0.6) is 0 Å². The van der Waals surface area contributed by atoms with E-state index in [1.54, 1.807) is 6.92 Å². The van der Waals surface area contributed by atoms with Crippen molar-refractivity contribution in [3.63, 3.8) is 0 Å². The quantitative estimate of drug-likeness (QED) is 0.723. The maximum Gasteiger partial charge on any atom is 0.164 e. The van der Waals surface area contributed by atoms with E-state index >= 15 is 0 Å². The zero-order valence-corrected chi connectivity index (χ0v) is 6.77. The number of halogens is 2. The van der Waals surface area contributed by atoms with Crippen molar-refractivity contribution in [1.82, 2.24) is 0 Å². The fourth-order valence-corrected chi connectivity index (χ4v) is 1.02. The summed E-state index contributed by atoms with van der Waals surface area (Å²) in [6.45, 7) is 1.28. The van der Waals surface area contributed by atoms with Gasteiger partial charge in [0.05, 0.1) is 6.61 Å². The third-order valence-corrected chi connectivity index (χ3v) is 1.79. The minimum absolute atomic E-state index is 0.00435. The van der Waals surface area contributed by atoms with Gasteiger partial charge in [-0.3, -0.25) is 0 Å². The molecule has 0 saturated carbocycles. The SMILES string of the molecule is CCc1ccc(CO)c(F)c1F. The van der Waals surface area contributed by atoms with E-state index in [-0.39, 0.29) is 5.56 Å². The highest BCUT2D eigenvalue weighted by Gasteiger charge is 2.10. The van der Waals surface area contributed by atoms with Crippen LogP contribution in [0.2, 0.25) is 0 Å². The molecule has 0 aromatic heterocycles. The first kappa shape index (κ1) is 9.13. The number of aliphatic hydroxyl groups excluding tert-OH is 1. The van der Waals surface area contributed by atoms with Gasteiger partial charge in [0.1, 0.15) is 0 Å². The van der Waals surface area contributed by atoms with Gasteiger partial charge in [-0.2, -0.15) is 0 Å². The van der Waals surface area contributed by atoms with Crippen LogP contribution < -0.4 is 0 Å². The Morgan fingerprint density at radius 1 is 1.17 bits per heavy atom. The van der Waals surface area contributed by atoms with Crippen molar-refractivity contribution in [2.75, 3.05) is 0 Å². The number of hydrogen-bond donors (Lipinski definition) is 1. The Morgan fingerprint density at radius 3 is 2.17 bits per heavy atom. The molecule has 0 saturated heterocycles. The molecule has 1 nitrogen and oxygen atoms in total. The van der Waals surface area contributed by atoms with E-state index in [1.165, 1.54) is 12.1 Å². The Labute approximate surface area is 69.7 Å². The second kappa shape index (κ2) is 3.63. The maximum atomic E-state index is 13.0. The molecular weight excluding hydrogens is 162 g/mol. The van der Waals surface area contributed by atoms with Gasteiger partial charge in [0.25, 0.3) is 0 Å². The average molecular weight is 172 g/mol. The smallest absolute Gasteiger partial charge is 0.164 e. The molecule has 66 valence electrons. The largest absolute Gasteiger partial charge is 0.392 e. The first-order valence-corrected chi connectivity index (χ1v) is 3.77. The number of aryl methyl sites for hydroxylation is 1. The van der Waals surface area contributed by atoms with Gasteiger partial charge in [0, 0.05) is 5.56 Å². The van der Waals surface area contributed by atoms with Crippen LogP contribution in [0.3, 0.4) is 0 Å². The Balaban J connectivity index is 3.20. The molecule has 1 N–H and O–H groups in total. The van der Waals surface area contributed by atoms with E-state index in [4.69, 9.17) is 5.11 Å². The fraction of sp³-hybridized carbons (Fsp3) is 0.333. The second-order valence-electron chi connectivity index (χ2n) is 2.52. The summed E-state index contributed by atoms with van der Waals surface area (Å²) in [6.07, 6.45) is 0.453. The third kappa shape index (κ3) is 1.46. The van der Waals surface area contributed by atoms with E-state index < -0.39 is 18.2 Å². The van der Waals surface area contributed by atoms with E-state index in [0.717, 1.165) is 0 Å². The summed E-state index contributed by atoms with van der Waals surface area (Å²) < 4.78 is 25.9. The van der Waals surface area contributed by atoms with Crippen molar-refractivity contribution in [1.29, 1.82) is 0 Å². The molecule has 0 aliphatic carbocycles. The first-order valence-electron chi connectivity index (χ1n) is 3.77. The number of benzene rings is 1. The molecule has 1 rings (SSSR count). The van der Waals surface area contributed by atoms with E-state index in [2.05, 4.69) is 0 Å². The number of rotatable bonds is 2. The van der Waals surface area contributed by atoms with Crippen LogP contribution in [-0.4, -0.2) is 5.11 Å². The molecule has 0 atom stereocenters. The zero-order valence-electron chi connectivity index (χ0n) is 6.77. The Kier molecular flexibility index (Phi) is 2.76. The summed E-state index contributed by atoms with van der Waals surface area (Å²) in [7, 11) is 0. The van der Waals surface area contributed by atoms with Crippen molar-refractivity contribution in [2.24, 2.45) is 0 Å². The highest BCUT2D eigenvalue weighted by atomic mass is 19.2. The third-order valence-electron chi connectivity index (χ3n) is 1.79. The number of aliphatic hydroxyl groups is 1. The lowest BCUT2D eigenvalue weighted by molar-refractivity contribution is 0.273. The zero-order chi connectivity index (χ0) is 9.14. The fourth-order valence-electron chi connectivity index (χ4n) is 1.02. The molecule has 1 aromatic carbocycles. The normalized spacial score (nSPS) is 10.3. The maximum absolute atomic E-state index is 13.0. The van der Waals surface area contributed by atoms with E-state index in [9.17, 15) is 8.78 Å². The van der Waals surface area contributed by atoms with E-state index in [1.807, 2.05) is 0 Å². The monoisotopic (exact) mass is 172 g/mol. The minimum Gasteiger partial charge on any atom is -0.392 e. The molecule has 1 aromatic rings. The predicted octanol–water partition coefficient (Wildman–Crippen LogP) is 2.02. The van der Waals surface area contributed by atoms with Crippen molar-refractivity contribution in [2.45, 2.75) is 20.0 Å². The topological polar surface area (TPSA) is 20.2 Å². The Hall–Kier alpha value is -0.960. The molecule has 0 unspecified atom stereocenters. The predicted molar refractivity (Wildman–Crippen MR) is 41.7 cm³/mol. The van der Waals surface area contributed by atoms with Crippen LogP contribution in [0.4, 0.5) is 8.78 Å². The van der Waals surface area contributed by atoms with Gasteiger partial charge in [0.15, 0.2) is 11.6 Å². The lowest BCUT2D eigenvalue weighted by atomic mass is 10.1. The van der Waals surface area contributed by atoms with Gasteiger partial charge in [-0.1, -0.05) is 19.1 Å². The molecule has 0 spiro atoms. The van der Waals surface area contributed by atoms with Gasteiger partial charge in [-0.25, -0.2) is 8.78 Å². The molecule has 0 radical (unpaired) electrons. The van der Waals surface area contributed by atoms with Gasteiger partial charge >= 0.3 is 0 Å². The molecule has 3 heteroatoms. The molecular formula is C9H10F2O.